The third-order valence-electron chi connectivity index (χ3n) is 8.23. The first-order valence-corrected chi connectivity index (χ1v) is 16.1. The highest BCUT2D eigenvalue weighted by Crippen LogP contribution is 2.35. The quantitative estimate of drug-likeness (QED) is 0.131. The Morgan fingerprint density at radius 1 is 0.340 bits per heavy atom. The first-order chi connectivity index (χ1) is 23.6. The standard InChI is InChI=1S/C41H42O6/c42-36-37(43-26-31-16-6-1-7-17-31)39(45-28-33-20-10-3-11-21-33)41(47-30-35-24-14-5-15-25-35)40(46-29-34-22-12-4-13-23-34)38(36)44-27-32-18-8-2-9-19-32/h1-25,36-42H,26-30H2/t36?,37-,38-,39-,40+,41?/m1/s1/i36T. The minimum Gasteiger partial charge on any atom is -0.387 e. The van der Waals surface area contributed by atoms with Crippen LogP contribution < -0.4 is 0 Å². The zero-order valence-corrected chi connectivity index (χ0v) is 26.3. The zero-order valence-electron chi connectivity index (χ0n) is 27.3. The van der Waals surface area contributed by atoms with Crippen LogP contribution in [0.2, 0.25) is 0 Å². The highest BCUT2D eigenvalue weighted by Gasteiger charge is 2.54. The molecule has 1 aliphatic carbocycles. The van der Waals surface area contributed by atoms with Crippen LogP contribution in [-0.2, 0) is 56.7 Å². The Kier molecular flexibility index (Phi) is 11.5. The molecule has 1 aliphatic rings. The first-order valence-electron chi connectivity index (χ1n) is 16.6. The third-order valence-corrected chi connectivity index (χ3v) is 8.23. The summed E-state index contributed by atoms with van der Waals surface area (Å²) >= 11 is 0. The minimum absolute atomic E-state index is 0.157. The molecule has 5 aromatic carbocycles. The van der Waals surface area contributed by atoms with Gasteiger partial charge in [-0.05, 0) is 27.8 Å². The molecule has 1 fully saturated rings. The topological polar surface area (TPSA) is 66.4 Å². The van der Waals surface area contributed by atoms with Crippen molar-refractivity contribution in [3.8, 4) is 0 Å². The number of ether oxygens (including phenoxy) is 5. The molecule has 0 bridgehead atoms. The van der Waals surface area contributed by atoms with Crippen LogP contribution in [0.3, 0.4) is 0 Å². The molecule has 0 aromatic heterocycles. The van der Waals surface area contributed by atoms with E-state index >= 15 is 0 Å². The summed E-state index contributed by atoms with van der Waals surface area (Å²) in [4.78, 5) is 0. The smallest absolute Gasteiger partial charge is 0.116 e. The summed E-state index contributed by atoms with van der Waals surface area (Å²) in [6.07, 6.45) is -7.14. The van der Waals surface area contributed by atoms with Crippen molar-refractivity contribution in [1.82, 2.24) is 0 Å². The van der Waals surface area contributed by atoms with Crippen molar-refractivity contribution in [3.05, 3.63) is 179 Å². The van der Waals surface area contributed by atoms with Gasteiger partial charge in [0.1, 0.15) is 36.6 Å². The second-order valence-electron chi connectivity index (χ2n) is 11.6. The zero-order chi connectivity index (χ0) is 33.0. The summed E-state index contributed by atoms with van der Waals surface area (Å²) in [7, 11) is 0. The molecule has 6 heteroatoms. The SMILES string of the molecule is [3H]C1(O)[C@@H](OCc2ccccc2)[C@H](OCc2ccccc2)C(OCc2ccccc2)[C@H](OCc2ccccc2)[C@@H]1OCc1ccccc1. The van der Waals surface area contributed by atoms with Crippen LogP contribution in [0.15, 0.2) is 152 Å². The van der Waals surface area contributed by atoms with Crippen LogP contribution in [-0.4, -0.2) is 41.7 Å². The largest absolute Gasteiger partial charge is 0.387 e. The molecule has 6 rings (SSSR count). The van der Waals surface area contributed by atoms with Crippen molar-refractivity contribution in [3.63, 3.8) is 0 Å². The van der Waals surface area contributed by atoms with Gasteiger partial charge in [-0.25, -0.2) is 0 Å². The highest BCUT2D eigenvalue weighted by molar-refractivity contribution is 5.18. The summed E-state index contributed by atoms with van der Waals surface area (Å²) in [5.74, 6) is 0. The number of benzene rings is 5. The van der Waals surface area contributed by atoms with Crippen LogP contribution in [0, 0.1) is 0 Å². The van der Waals surface area contributed by atoms with E-state index in [4.69, 9.17) is 23.7 Å². The number of rotatable bonds is 15. The molecule has 47 heavy (non-hydrogen) atoms. The lowest BCUT2D eigenvalue weighted by Gasteiger charge is -2.48. The van der Waals surface area contributed by atoms with Crippen LogP contribution in [0.4, 0.5) is 0 Å². The summed E-state index contributed by atoms with van der Waals surface area (Å²) in [5, 5.41) is 12.3. The van der Waals surface area contributed by atoms with Gasteiger partial charge in [-0.3, -0.25) is 0 Å². The Balaban J connectivity index is 1.38. The number of hydrogen-bond donors (Lipinski definition) is 1. The van der Waals surface area contributed by atoms with Gasteiger partial charge < -0.3 is 28.8 Å². The van der Waals surface area contributed by atoms with E-state index in [0.29, 0.717) is 0 Å². The van der Waals surface area contributed by atoms with E-state index in [1.807, 2.05) is 152 Å². The number of aliphatic hydroxyl groups is 1. The van der Waals surface area contributed by atoms with E-state index in [-0.39, 0.29) is 33.0 Å². The maximum atomic E-state index is 12.3. The molecule has 242 valence electrons. The normalized spacial score (nSPS) is 24.4. The van der Waals surface area contributed by atoms with E-state index in [2.05, 4.69) is 0 Å². The maximum Gasteiger partial charge on any atom is 0.116 e. The Bertz CT molecular complexity index is 1520. The molecule has 6 nitrogen and oxygen atoms in total. The van der Waals surface area contributed by atoms with Gasteiger partial charge in [-0.1, -0.05) is 152 Å². The molecule has 0 amide bonds. The molecule has 2 unspecified atom stereocenters. The van der Waals surface area contributed by atoms with Crippen molar-refractivity contribution < 1.29 is 30.2 Å². The Morgan fingerprint density at radius 3 is 0.766 bits per heavy atom. The monoisotopic (exact) mass is 632 g/mol. The van der Waals surface area contributed by atoms with Crippen molar-refractivity contribution in [2.75, 3.05) is 0 Å². The fraction of sp³-hybridized carbons (Fsp3) is 0.268. The van der Waals surface area contributed by atoms with E-state index in [1.165, 1.54) is 0 Å². The van der Waals surface area contributed by atoms with Crippen molar-refractivity contribution in [2.24, 2.45) is 0 Å². The molecule has 1 saturated carbocycles. The summed E-state index contributed by atoms with van der Waals surface area (Å²) in [6, 6.07) is 48.9. The fourth-order valence-corrected chi connectivity index (χ4v) is 5.77. The summed E-state index contributed by atoms with van der Waals surface area (Å²) in [6.45, 7) is 1.02. The summed E-state index contributed by atoms with van der Waals surface area (Å²) in [5.41, 5.74) is 4.66. The van der Waals surface area contributed by atoms with Crippen molar-refractivity contribution >= 4 is 0 Å². The second-order valence-corrected chi connectivity index (χ2v) is 11.6. The van der Waals surface area contributed by atoms with E-state index < -0.39 is 36.6 Å². The van der Waals surface area contributed by atoms with Crippen LogP contribution in [0.25, 0.3) is 0 Å². The maximum absolute atomic E-state index is 12.3. The lowest BCUT2D eigenvalue weighted by molar-refractivity contribution is -0.283. The molecule has 0 spiro atoms. The fourth-order valence-electron chi connectivity index (χ4n) is 5.77. The number of hydrogen-bond acceptors (Lipinski definition) is 6. The average molecular weight is 633 g/mol. The molecule has 0 saturated heterocycles. The Hall–Kier alpha value is -4.14. The van der Waals surface area contributed by atoms with Gasteiger partial charge >= 0.3 is 0 Å². The molecule has 6 atom stereocenters. The van der Waals surface area contributed by atoms with Crippen LogP contribution in [0.1, 0.15) is 29.2 Å². The van der Waals surface area contributed by atoms with Crippen molar-refractivity contribution in [1.29, 1.82) is 0 Å². The Morgan fingerprint density at radius 2 is 0.532 bits per heavy atom. The summed E-state index contributed by atoms with van der Waals surface area (Å²) < 4.78 is 42.5. The molecule has 1 N–H and O–H groups in total. The highest BCUT2D eigenvalue weighted by atomic mass is 16.6. The van der Waals surface area contributed by atoms with Gasteiger partial charge in [0.15, 0.2) is 0 Å². The molecule has 0 radical (unpaired) electrons. The molecular formula is C41H42O6. The molecule has 0 heterocycles. The van der Waals surface area contributed by atoms with Crippen LogP contribution >= 0.6 is 0 Å². The predicted molar refractivity (Wildman–Crippen MR) is 181 cm³/mol. The van der Waals surface area contributed by atoms with Gasteiger partial charge in [0.05, 0.1) is 34.4 Å². The van der Waals surface area contributed by atoms with E-state index in [0.717, 1.165) is 27.8 Å². The van der Waals surface area contributed by atoms with Gasteiger partial charge in [-0.2, -0.15) is 0 Å². The van der Waals surface area contributed by atoms with Gasteiger partial charge in [0, 0.05) is 0 Å². The van der Waals surface area contributed by atoms with E-state index in [1.54, 1.807) is 0 Å². The lowest BCUT2D eigenvalue weighted by Crippen LogP contribution is -2.66. The first kappa shape index (κ1) is 31.5. The molecule has 0 aliphatic heterocycles. The predicted octanol–water partition coefficient (Wildman–Crippen LogP) is 7.29. The van der Waals surface area contributed by atoms with Gasteiger partial charge in [0.2, 0.25) is 0 Å². The molecular weight excluding hydrogens is 588 g/mol. The lowest BCUT2D eigenvalue weighted by atomic mass is 9.83. The third kappa shape index (κ3) is 9.24. The second kappa shape index (κ2) is 17.1. The van der Waals surface area contributed by atoms with E-state index in [9.17, 15) is 6.48 Å². The van der Waals surface area contributed by atoms with Crippen molar-refractivity contribution in [2.45, 2.75) is 69.6 Å². The molecule has 5 aromatic rings. The minimum atomic E-state index is -2.28. The average Bonchev–Trinajstić information content (AvgIpc) is 3.13. The van der Waals surface area contributed by atoms with Crippen LogP contribution in [0.5, 0.6) is 0 Å². The Labute approximate surface area is 278 Å². The van der Waals surface area contributed by atoms with Gasteiger partial charge in [-0.15, -0.1) is 0 Å². The van der Waals surface area contributed by atoms with Gasteiger partial charge in [0.25, 0.3) is 0 Å².